The van der Waals surface area contributed by atoms with Crippen LogP contribution in [0.3, 0.4) is 0 Å². The van der Waals surface area contributed by atoms with Crippen LogP contribution in [0.1, 0.15) is 37.2 Å². The summed E-state index contributed by atoms with van der Waals surface area (Å²) >= 11 is 0. The number of benzene rings is 2. The van der Waals surface area contributed by atoms with Crippen molar-refractivity contribution in [3.8, 4) is 16.9 Å². The Kier molecular flexibility index (Phi) is 6.10. The Morgan fingerprint density at radius 3 is 2.42 bits per heavy atom. The van der Waals surface area contributed by atoms with Crippen LogP contribution >= 0.6 is 0 Å². The van der Waals surface area contributed by atoms with E-state index in [1.807, 2.05) is 12.1 Å². The number of piperidine rings is 1. The third kappa shape index (κ3) is 4.73. The van der Waals surface area contributed by atoms with Gasteiger partial charge in [-0.05, 0) is 55.2 Å². The smallest absolute Gasteiger partial charge is 0.451 e. The quantitative estimate of drug-likeness (QED) is 0.320. The minimum atomic E-state index is -4.61. The highest BCUT2D eigenvalue weighted by molar-refractivity contribution is 5.96. The van der Waals surface area contributed by atoms with Crippen molar-refractivity contribution < 1.29 is 22.3 Å². The van der Waals surface area contributed by atoms with Crippen molar-refractivity contribution in [1.29, 1.82) is 0 Å². The maximum atomic E-state index is 13.6. The molecule has 38 heavy (non-hydrogen) atoms. The van der Waals surface area contributed by atoms with Gasteiger partial charge in [-0.1, -0.05) is 12.1 Å². The average molecular weight is 525 g/mol. The fourth-order valence-corrected chi connectivity index (χ4v) is 5.24. The van der Waals surface area contributed by atoms with Crippen LogP contribution < -0.4 is 15.4 Å². The minimum absolute atomic E-state index is 0.0579. The number of hydrogen-bond acceptors (Lipinski definition) is 7. The lowest BCUT2D eigenvalue weighted by Crippen LogP contribution is -2.35. The molecule has 1 saturated carbocycles. The topological polar surface area (TPSA) is 84.9 Å². The van der Waals surface area contributed by atoms with Gasteiger partial charge in [0.05, 0.1) is 6.04 Å². The van der Waals surface area contributed by atoms with E-state index >= 15 is 0 Å². The predicted octanol–water partition coefficient (Wildman–Crippen LogP) is 5.55. The SMILES string of the molecule is C[C@@H](Nc1ncnc2c(OC3CC4CC3CN4)cc(-c3ccc(F)cc3)cc12)c1cnc(C(F)(F)F)nc1. The van der Waals surface area contributed by atoms with Gasteiger partial charge in [0, 0.05) is 41.8 Å². The number of nitrogens with one attached hydrogen (secondary N) is 2. The van der Waals surface area contributed by atoms with Gasteiger partial charge in [-0.3, -0.25) is 0 Å². The molecule has 4 atom stereocenters. The van der Waals surface area contributed by atoms with Gasteiger partial charge >= 0.3 is 6.18 Å². The molecule has 0 radical (unpaired) electrons. The summed E-state index contributed by atoms with van der Waals surface area (Å²) in [5, 5.41) is 7.41. The molecule has 1 aliphatic heterocycles. The van der Waals surface area contributed by atoms with E-state index in [0.717, 1.165) is 42.9 Å². The number of fused-ring (bicyclic) bond motifs is 3. The molecule has 3 unspecified atom stereocenters. The van der Waals surface area contributed by atoms with E-state index in [2.05, 4.69) is 30.6 Å². The molecule has 2 aromatic carbocycles. The molecule has 2 aromatic heterocycles. The third-order valence-electron chi connectivity index (χ3n) is 7.24. The number of anilines is 1. The Labute approximate surface area is 215 Å². The molecule has 2 bridgehead atoms. The van der Waals surface area contributed by atoms with Crippen LogP contribution in [0.25, 0.3) is 22.0 Å². The number of alkyl halides is 3. The second-order valence-electron chi connectivity index (χ2n) is 9.80. The molecule has 2 N–H and O–H groups in total. The molecule has 0 spiro atoms. The third-order valence-corrected chi connectivity index (χ3v) is 7.24. The van der Waals surface area contributed by atoms with Crippen LogP contribution in [0, 0.1) is 11.7 Å². The van der Waals surface area contributed by atoms with Crippen LogP contribution in [0.2, 0.25) is 0 Å². The molecule has 2 fully saturated rings. The molecule has 7 nitrogen and oxygen atoms in total. The molecular weight excluding hydrogens is 500 g/mol. The van der Waals surface area contributed by atoms with Crippen LogP contribution in [0.4, 0.5) is 23.4 Å². The largest absolute Gasteiger partial charge is 0.488 e. The van der Waals surface area contributed by atoms with Crippen molar-refractivity contribution in [3.05, 3.63) is 72.3 Å². The second-order valence-corrected chi connectivity index (χ2v) is 9.80. The van der Waals surface area contributed by atoms with Crippen LogP contribution in [0.5, 0.6) is 5.75 Å². The van der Waals surface area contributed by atoms with Crippen LogP contribution in [-0.2, 0) is 6.18 Å². The van der Waals surface area contributed by atoms with Crippen LogP contribution in [-0.4, -0.2) is 38.6 Å². The maximum Gasteiger partial charge on any atom is 0.451 e. The number of hydrogen-bond donors (Lipinski definition) is 2. The Morgan fingerprint density at radius 2 is 1.76 bits per heavy atom. The van der Waals surface area contributed by atoms with Gasteiger partial charge in [-0.15, -0.1) is 0 Å². The summed E-state index contributed by atoms with van der Waals surface area (Å²) in [5.74, 6) is -0.0222. The first-order valence-corrected chi connectivity index (χ1v) is 12.3. The summed E-state index contributed by atoms with van der Waals surface area (Å²) in [5.41, 5.74) is 2.68. The maximum absolute atomic E-state index is 13.6. The van der Waals surface area contributed by atoms with E-state index in [4.69, 9.17) is 4.74 Å². The minimum Gasteiger partial charge on any atom is -0.488 e. The first-order valence-electron chi connectivity index (χ1n) is 12.3. The summed E-state index contributed by atoms with van der Waals surface area (Å²) in [6.45, 7) is 2.70. The van der Waals surface area contributed by atoms with Crippen molar-refractivity contribution in [2.45, 2.75) is 44.1 Å². The van der Waals surface area contributed by atoms with E-state index in [1.54, 1.807) is 19.1 Å². The highest BCUT2D eigenvalue weighted by Crippen LogP contribution is 2.39. The van der Waals surface area contributed by atoms with Gasteiger partial charge in [-0.25, -0.2) is 24.3 Å². The predicted molar refractivity (Wildman–Crippen MR) is 133 cm³/mol. The fraction of sp³-hybridized carbons (Fsp3) is 0.333. The first-order chi connectivity index (χ1) is 18.2. The van der Waals surface area contributed by atoms with Crippen molar-refractivity contribution >= 4 is 16.7 Å². The van der Waals surface area contributed by atoms with Gasteiger partial charge < -0.3 is 15.4 Å². The number of halogens is 4. The first kappa shape index (κ1) is 24.5. The zero-order chi connectivity index (χ0) is 26.4. The molecule has 2 aliphatic rings. The standard InChI is InChI=1S/C27H24F4N6O/c1-14(18-11-33-26(34-12-18)27(29,30)31)37-25-21-7-16(15-2-4-19(28)5-3-15)8-23(24(21)35-13-36-25)38-22-9-20-6-17(22)10-32-20/h2-5,7-8,11-14,17,20,22,32H,6,9-10H2,1H3,(H,35,36,37)/t14-,17?,20?,22?/m1/s1. The van der Waals surface area contributed by atoms with E-state index in [1.165, 1.54) is 18.5 Å². The molecule has 1 saturated heterocycles. The lowest BCUT2D eigenvalue weighted by atomic mass is 10.0. The molecule has 3 heterocycles. The van der Waals surface area contributed by atoms with Gasteiger partial charge in [0.2, 0.25) is 5.82 Å². The summed E-state index contributed by atoms with van der Waals surface area (Å²) in [4.78, 5) is 15.9. The number of ether oxygens (including phenoxy) is 1. The summed E-state index contributed by atoms with van der Waals surface area (Å²) in [6.07, 6.45) is 1.16. The average Bonchev–Trinajstić information content (AvgIpc) is 3.52. The molecule has 0 amide bonds. The van der Waals surface area contributed by atoms with Crippen LogP contribution in [0.15, 0.2) is 55.1 Å². The van der Waals surface area contributed by atoms with Crippen molar-refractivity contribution in [1.82, 2.24) is 25.3 Å². The molecule has 196 valence electrons. The molecule has 1 aliphatic carbocycles. The summed E-state index contributed by atoms with van der Waals surface area (Å²) in [7, 11) is 0. The number of rotatable bonds is 6. The zero-order valence-corrected chi connectivity index (χ0v) is 20.3. The van der Waals surface area contributed by atoms with E-state index in [9.17, 15) is 17.6 Å². The number of aromatic nitrogens is 4. The molecule has 4 aromatic rings. The Hall–Kier alpha value is -3.86. The van der Waals surface area contributed by atoms with Crippen molar-refractivity contribution in [3.63, 3.8) is 0 Å². The van der Waals surface area contributed by atoms with Gasteiger partial charge in [0.15, 0.2) is 0 Å². The fourth-order valence-electron chi connectivity index (χ4n) is 5.24. The normalized spacial score (nSPS) is 21.6. The van der Waals surface area contributed by atoms with Gasteiger partial charge in [-0.2, -0.15) is 13.2 Å². The number of nitrogens with zero attached hydrogens (tertiary/aromatic N) is 4. The zero-order valence-electron chi connectivity index (χ0n) is 20.3. The van der Waals surface area contributed by atoms with Crippen molar-refractivity contribution in [2.24, 2.45) is 5.92 Å². The highest BCUT2D eigenvalue weighted by atomic mass is 19.4. The monoisotopic (exact) mass is 524 g/mol. The molecule has 11 heteroatoms. The van der Waals surface area contributed by atoms with E-state index in [0.29, 0.717) is 40.0 Å². The second kappa shape index (κ2) is 9.46. The summed E-state index contributed by atoms with van der Waals surface area (Å²) in [6, 6.07) is 10.0. The lowest BCUT2D eigenvalue weighted by molar-refractivity contribution is -0.145. The Morgan fingerprint density at radius 1 is 1.00 bits per heavy atom. The van der Waals surface area contributed by atoms with E-state index < -0.39 is 18.0 Å². The highest BCUT2D eigenvalue weighted by Gasteiger charge is 2.41. The van der Waals surface area contributed by atoms with Gasteiger partial charge in [0.25, 0.3) is 0 Å². The van der Waals surface area contributed by atoms with Crippen molar-refractivity contribution in [2.75, 3.05) is 11.9 Å². The molecular formula is C27H24F4N6O. The molecule has 6 rings (SSSR count). The van der Waals surface area contributed by atoms with Gasteiger partial charge in [0.1, 0.15) is 35.3 Å². The Balaban J connectivity index is 1.37. The Bertz CT molecular complexity index is 1460. The van der Waals surface area contributed by atoms with E-state index in [-0.39, 0.29) is 11.9 Å². The lowest BCUT2D eigenvalue weighted by Gasteiger charge is -2.25. The summed E-state index contributed by atoms with van der Waals surface area (Å²) < 4.78 is 58.8.